The largest absolute Gasteiger partial charge is 0.352 e. The summed E-state index contributed by atoms with van der Waals surface area (Å²) in [6.45, 7) is 1.25. The first-order chi connectivity index (χ1) is 14.1. The van der Waals surface area contributed by atoms with Crippen molar-refractivity contribution in [1.29, 1.82) is 0 Å². The number of aromatic nitrogens is 2. The number of aromatic amines is 1. The Morgan fingerprint density at radius 2 is 1.86 bits per heavy atom. The monoisotopic (exact) mass is 392 g/mol. The number of carbonyl (C=O) groups excluding carboxylic acids is 1. The molecule has 1 aliphatic heterocycles. The summed E-state index contributed by atoms with van der Waals surface area (Å²) in [5.74, 6) is -0.162. The second-order valence-electron chi connectivity index (χ2n) is 7.12. The normalized spacial score (nSPS) is 16.2. The molecule has 0 saturated carbocycles. The zero-order valence-electron chi connectivity index (χ0n) is 15.8. The molecule has 1 aliphatic rings. The first kappa shape index (κ1) is 18.9. The maximum absolute atomic E-state index is 13.8. The lowest BCUT2D eigenvalue weighted by Gasteiger charge is -2.17. The lowest BCUT2D eigenvalue weighted by Crippen LogP contribution is -2.24. The van der Waals surface area contributed by atoms with Gasteiger partial charge in [0.2, 0.25) is 11.9 Å². The van der Waals surface area contributed by atoms with Crippen LogP contribution < -0.4 is 10.9 Å². The first-order valence-electron chi connectivity index (χ1n) is 9.49. The Bertz CT molecular complexity index is 1070. The third-order valence-electron chi connectivity index (χ3n) is 5.01. The molecule has 0 aliphatic carbocycles. The maximum atomic E-state index is 13.8. The molecular weight excluding hydrogens is 371 g/mol. The Hall–Kier alpha value is -3.48. The van der Waals surface area contributed by atoms with Gasteiger partial charge in [-0.25, -0.2) is 9.37 Å². The van der Waals surface area contributed by atoms with Crippen molar-refractivity contribution >= 4 is 11.9 Å². The molecule has 1 amide bonds. The van der Waals surface area contributed by atoms with Crippen LogP contribution in [0.15, 0.2) is 65.5 Å². The van der Waals surface area contributed by atoms with Crippen LogP contribution in [-0.2, 0) is 17.9 Å². The fourth-order valence-electron chi connectivity index (χ4n) is 3.52. The Labute approximate surface area is 167 Å². The van der Waals surface area contributed by atoms with Crippen molar-refractivity contribution in [3.05, 3.63) is 93.7 Å². The molecule has 6 nitrogen and oxygen atoms in total. The summed E-state index contributed by atoms with van der Waals surface area (Å²) >= 11 is 0. The molecule has 0 spiro atoms. The van der Waals surface area contributed by atoms with E-state index in [-0.39, 0.29) is 35.7 Å². The predicted octanol–water partition coefficient (Wildman–Crippen LogP) is 3.04. The van der Waals surface area contributed by atoms with Gasteiger partial charge >= 0.3 is 0 Å². The van der Waals surface area contributed by atoms with Gasteiger partial charge in [0.25, 0.3) is 5.56 Å². The van der Waals surface area contributed by atoms with Gasteiger partial charge in [-0.15, -0.1) is 0 Å². The molecular formula is C22H21FN4O2. The number of nitrogens with one attached hydrogen (secondary N) is 2. The van der Waals surface area contributed by atoms with Gasteiger partial charge in [0.1, 0.15) is 5.82 Å². The number of hydrogen-bond acceptors (Lipinski definition) is 4. The van der Waals surface area contributed by atoms with Gasteiger partial charge in [-0.05, 0) is 11.6 Å². The summed E-state index contributed by atoms with van der Waals surface area (Å²) in [6.07, 6.45) is 0.316. The molecule has 1 atom stereocenters. The Balaban J connectivity index is 1.47. The van der Waals surface area contributed by atoms with Crippen molar-refractivity contribution in [3.8, 4) is 0 Å². The van der Waals surface area contributed by atoms with Gasteiger partial charge in [0.05, 0.1) is 5.69 Å². The van der Waals surface area contributed by atoms with Crippen molar-refractivity contribution in [2.45, 2.75) is 25.4 Å². The topological polar surface area (TPSA) is 78.1 Å². The van der Waals surface area contributed by atoms with Crippen LogP contribution in [0.5, 0.6) is 0 Å². The molecule has 148 valence electrons. The van der Waals surface area contributed by atoms with Gasteiger partial charge in [-0.2, -0.15) is 0 Å². The van der Waals surface area contributed by atoms with E-state index in [1.54, 1.807) is 23.1 Å². The van der Waals surface area contributed by atoms with Gasteiger partial charge in [-0.3, -0.25) is 14.6 Å². The molecule has 1 unspecified atom stereocenters. The summed E-state index contributed by atoms with van der Waals surface area (Å²) < 4.78 is 13.8. The van der Waals surface area contributed by atoms with Crippen LogP contribution in [0.1, 0.15) is 29.2 Å². The minimum atomic E-state index is -0.323. The van der Waals surface area contributed by atoms with Crippen LogP contribution in [0.3, 0.4) is 0 Å². The van der Waals surface area contributed by atoms with Gasteiger partial charge in [0.15, 0.2) is 0 Å². The van der Waals surface area contributed by atoms with Crippen molar-refractivity contribution in [2.75, 3.05) is 11.9 Å². The molecule has 2 heterocycles. The average molecular weight is 392 g/mol. The molecule has 1 fully saturated rings. The summed E-state index contributed by atoms with van der Waals surface area (Å²) in [6, 6.07) is 17.6. The van der Waals surface area contributed by atoms with Crippen molar-refractivity contribution < 1.29 is 9.18 Å². The van der Waals surface area contributed by atoms with Gasteiger partial charge < -0.3 is 10.2 Å². The zero-order valence-corrected chi connectivity index (χ0v) is 15.8. The minimum absolute atomic E-state index is 0.0433. The van der Waals surface area contributed by atoms with E-state index in [0.29, 0.717) is 30.8 Å². The lowest BCUT2D eigenvalue weighted by molar-refractivity contribution is -0.128. The second kappa shape index (κ2) is 8.26. The van der Waals surface area contributed by atoms with E-state index in [0.717, 1.165) is 5.56 Å². The van der Waals surface area contributed by atoms with Crippen LogP contribution in [-0.4, -0.2) is 27.3 Å². The van der Waals surface area contributed by atoms with E-state index < -0.39 is 0 Å². The Kier molecular flexibility index (Phi) is 5.37. The second-order valence-corrected chi connectivity index (χ2v) is 7.12. The molecule has 1 saturated heterocycles. The standard InChI is InChI=1S/C22H21FN4O2/c23-18-9-5-4-8-16(18)12-24-22-25-19(11-20(28)26-22)17-10-21(29)27(14-17)13-15-6-2-1-3-7-15/h1-9,11,17H,10,12-14H2,(H2,24,25,26,28). The van der Waals surface area contributed by atoms with E-state index in [1.807, 2.05) is 30.3 Å². The van der Waals surface area contributed by atoms with Crippen molar-refractivity contribution in [1.82, 2.24) is 14.9 Å². The van der Waals surface area contributed by atoms with E-state index >= 15 is 0 Å². The van der Waals surface area contributed by atoms with Crippen LogP contribution in [0.4, 0.5) is 10.3 Å². The first-order valence-corrected chi connectivity index (χ1v) is 9.49. The number of anilines is 1. The Morgan fingerprint density at radius 1 is 1.10 bits per heavy atom. The molecule has 2 aromatic carbocycles. The maximum Gasteiger partial charge on any atom is 0.252 e. The molecule has 4 rings (SSSR count). The van der Waals surface area contributed by atoms with Gasteiger partial charge in [0, 0.05) is 43.6 Å². The predicted molar refractivity (Wildman–Crippen MR) is 108 cm³/mol. The molecule has 0 radical (unpaired) electrons. The number of H-pyrrole nitrogens is 1. The third-order valence-corrected chi connectivity index (χ3v) is 5.01. The number of amides is 1. The van der Waals surface area contributed by atoms with E-state index in [4.69, 9.17) is 0 Å². The average Bonchev–Trinajstić information content (AvgIpc) is 3.08. The van der Waals surface area contributed by atoms with Crippen LogP contribution in [0, 0.1) is 5.82 Å². The number of hydrogen-bond donors (Lipinski definition) is 2. The molecule has 7 heteroatoms. The van der Waals surface area contributed by atoms with Gasteiger partial charge in [-0.1, -0.05) is 48.5 Å². The molecule has 29 heavy (non-hydrogen) atoms. The number of nitrogens with zero attached hydrogens (tertiary/aromatic N) is 2. The summed E-state index contributed by atoms with van der Waals surface area (Å²) in [5, 5.41) is 2.96. The van der Waals surface area contributed by atoms with E-state index in [9.17, 15) is 14.0 Å². The highest BCUT2D eigenvalue weighted by Gasteiger charge is 2.31. The van der Waals surface area contributed by atoms with Crippen molar-refractivity contribution in [2.24, 2.45) is 0 Å². The fraction of sp³-hybridized carbons (Fsp3) is 0.227. The highest BCUT2D eigenvalue weighted by molar-refractivity contribution is 5.79. The number of likely N-dealkylation sites (tertiary alicyclic amines) is 1. The quantitative estimate of drug-likeness (QED) is 0.676. The number of rotatable bonds is 6. The van der Waals surface area contributed by atoms with E-state index in [1.165, 1.54) is 12.1 Å². The third kappa shape index (κ3) is 4.51. The molecule has 2 N–H and O–H groups in total. The smallest absolute Gasteiger partial charge is 0.252 e. The SMILES string of the molecule is O=C1CC(c2cc(=O)[nH]c(NCc3ccccc3F)n2)CN1Cc1ccccc1. The number of halogens is 1. The Morgan fingerprint density at radius 3 is 2.66 bits per heavy atom. The molecule has 1 aromatic heterocycles. The lowest BCUT2D eigenvalue weighted by atomic mass is 10.0. The van der Waals surface area contributed by atoms with Crippen LogP contribution >= 0.6 is 0 Å². The summed E-state index contributed by atoms with van der Waals surface area (Å²) in [7, 11) is 0. The molecule has 0 bridgehead atoms. The molecule has 3 aromatic rings. The summed E-state index contributed by atoms with van der Waals surface area (Å²) in [4.78, 5) is 33.4. The van der Waals surface area contributed by atoms with Crippen LogP contribution in [0.25, 0.3) is 0 Å². The minimum Gasteiger partial charge on any atom is -0.352 e. The van der Waals surface area contributed by atoms with Crippen molar-refractivity contribution in [3.63, 3.8) is 0 Å². The summed E-state index contributed by atoms with van der Waals surface area (Å²) in [5.41, 5.74) is 1.80. The number of benzene rings is 2. The highest BCUT2D eigenvalue weighted by atomic mass is 19.1. The fourth-order valence-corrected chi connectivity index (χ4v) is 3.52. The highest BCUT2D eigenvalue weighted by Crippen LogP contribution is 2.28. The van der Waals surface area contributed by atoms with E-state index in [2.05, 4.69) is 15.3 Å². The zero-order chi connectivity index (χ0) is 20.2. The van der Waals surface area contributed by atoms with Crippen LogP contribution in [0.2, 0.25) is 0 Å². The number of carbonyl (C=O) groups is 1.